The van der Waals surface area contributed by atoms with Crippen molar-refractivity contribution in [2.45, 2.75) is 20.0 Å². The molecule has 0 saturated carbocycles. The Kier molecular flexibility index (Phi) is 8.66. The van der Waals surface area contributed by atoms with Crippen molar-refractivity contribution < 1.29 is 27.6 Å². The van der Waals surface area contributed by atoms with Gasteiger partial charge < -0.3 is 25.8 Å². The molecule has 13 heteroatoms. The maximum atomic E-state index is 13.7. The van der Waals surface area contributed by atoms with Gasteiger partial charge in [0.1, 0.15) is 0 Å². The molecule has 6 aromatic rings. The predicted octanol–water partition coefficient (Wildman–Crippen LogP) is 7.90. The van der Waals surface area contributed by atoms with Crippen molar-refractivity contribution in [2.24, 2.45) is 0 Å². The summed E-state index contributed by atoms with van der Waals surface area (Å²) < 4.78 is 44.1. The quantitative estimate of drug-likeness (QED) is 0.138. The second-order valence-electron chi connectivity index (χ2n) is 11.3. The Bertz CT molecular complexity index is 2240. The van der Waals surface area contributed by atoms with Crippen LogP contribution in [0.5, 0.6) is 0 Å². The monoisotopic (exact) mass is 665 g/mol. The van der Waals surface area contributed by atoms with Crippen LogP contribution in [0.3, 0.4) is 0 Å². The van der Waals surface area contributed by atoms with Gasteiger partial charge in [-0.3, -0.25) is 14.2 Å². The van der Waals surface area contributed by atoms with E-state index in [1.165, 1.54) is 27.6 Å². The van der Waals surface area contributed by atoms with E-state index in [0.29, 0.717) is 33.7 Å². The molecule has 0 aliphatic carbocycles. The van der Waals surface area contributed by atoms with Crippen LogP contribution in [0.2, 0.25) is 0 Å². The molecule has 0 atom stereocenters. The Labute approximate surface area is 278 Å². The largest absolute Gasteiger partial charge is 0.416 e. The number of carbonyl (C=O) groups excluding carboxylic acids is 3. The van der Waals surface area contributed by atoms with Crippen molar-refractivity contribution in [1.82, 2.24) is 19.4 Å². The third-order valence-corrected chi connectivity index (χ3v) is 7.84. The van der Waals surface area contributed by atoms with Gasteiger partial charge in [-0.25, -0.2) is 9.78 Å². The Morgan fingerprint density at radius 3 is 2.31 bits per heavy atom. The van der Waals surface area contributed by atoms with Crippen LogP contribution < -0.4 is 21.3 Å². The lowest BCUT2D eigenvalue weighted by atomic mass is 10.1. The van der Waals surface area contributed by atoms with Crippen LogP contribution in [-0.2, 0) is 6.18 Å². The van der Waals surface area contributed by atoms with Crippen LogP contribution in [0.4, 0.5) is 40.7 Å². The molecule has 2 heterocycles. The van der Waals surface area contributed by atoms with E-state index >= 15 is 0 Å². The van der Waals surface area contributed by atoms with E-state index < -0.39 is 23.7 Å². The summed E-state index contributed by atoms with van der Waals surface area (Å²) in [5.74, 6) is -0.975. The first-order valence-corrected chi connectivity index (χ1v) is 15.1. The summed E-state index contributed by atoms with van der Waals surface area (Å²) in [5, 5.41) is 12.2. The highest BCUT2D eigenvalue weighted by Crippen LogP contribution is 2.33. The third-order valence-electron chi connectivity index (χ3n) is 7.84. The van der Waals surface area contributed by atoms with Crippen molar-refractivity contribution in [3.8, 4) is 5.69 Å². The van der Waals surface area contributed by atoms with Gasteiger partial charge in [-0.05, 0) is 86.1 Å². The maximum Gasteiger partial charge on any atom is 0.416 e. The lowest BCUT2D eigenvalue weighted by molar-refractivity contribution is -0.137. The number of hydrogen-bond acceptors (Lipinski definition) is 5. The highest BCUT2D eigenvalue weighted by molar-refractivity contribution is 6.06. The van der Waals surface area contributed by atoms with Crippen LogP contribution >= 0.6 is 0 Å². The molecule has 0 aliphatic heterocycles. The Hall–Kier alpha value is -6.37. The van der Waals surface area contributed by atoms with Gasteiger partial charge in [-0.2, -0.15) is 13.2 Å². The van der Waals surface area contributed by atoms with Gasteiger partial charge >= 0.3 is 12.2 Å². The number of hydrogen-bond donors (Lipinski definition) is 4. The number of aryl methyl sites for hydroxylation is 2. The first-order valence-electron chi connectivity index (χ1n) is 15.1. The van der Waals surface area contributed by atoms with Gasteiger partial charge in [0.25, 0.3) is 11.8 Å². The van der Waals surface area contributed by atoms with Crippen LogP contribution in [0.1, 0.15) is 37.5 Å². The number of benzene rings is 4. The van der Waals surface area contributed by atoms with Gasteiger partial charge in [0, 0.05) is 64.4 Å². The highest BCUT2D eigenvalue weighted by Gasteiger charge is 2.32. The average Bonchev–Trinajstić information content (AvgIpc) is 3.72. The number of anilines is 4. The molecule has 0 saturated heterocycles. The lowest BCUT2D eigenvalue weighted by Crippen LogP contribution is -2.19. The van der Waals surface area contributed by atoms with E-state index in [2.05, 4.69) is 26.3 Å². The normalized spacial score (nSPS) is 11.3. The van der Waals surface area contributed by atoms with Crippen LogP contribution in [0.15, 0.2) is 104 Å². The molecule has 0 aliphatic rings. The van der Waals surface area contributed by atoms with Gasteiger partial charge in [0.2, 0.25) is 0 Å². The number of nitrogens with zero attached hydrogens (tertiary/aromatic N) is 3. The summed E-state index contributed by atoms with van der Waals surface area (Å²) >= 11 is 0. The molecule has 10 nitrogen and oxygen atoms in total. The predicted molar refractivity (Wildman–Crippen MR) is 182 cm³/mol. The molecule has 0 spiro atoms. The van der Waals surface area contributed by atoms with Crippen molar-refractivity contribution in [2.75, 3.05) is 23.0 Å². The fourth-order valence-electron chi connectivity index (χ4n) is 5.32. The molecule has 6 rings (SSSR count). The molecule has 4 N–H and O–H groups in total. The fraction of sp³-hybridized carbons (Fsp3) is 0.111. The number of fused-ring (bicyclic) bond motifs is 1. The summed E-state index contributed by atoms with van der Waals surface area (Å²) in [6.45, 7) is 3.48. The second-order valence-corrected chi connectivity index (χ2v) is 11.3. The smallest absolute Gasteiger partial charge is 0.355 e. The molecule has 248 valence electrons. The van der Waals surface area contributed by atoms with Crippen molar-refractivity contribution >= 4 is 51.5 Å². The molecule has 0 bridgehead atoms. The van der Waals surface area contributed by atoms with Gasteiger partial charge in [-0.15, -0.1) is 0 Å². The second kappa shape index (κ2) is 13.0. The van der Waals surface area contributed by atoms with Crippen molar-refractivity contribution in [3.05, 3.63) is 132 Å². The molecule has 3 amide bonds. The van der Waals surface area contributed by atoms with E-state index in [-0.39, 0.29) is 22.8 Å². The molecule has 0 unspecified atom stereocenters. The number of rotatable bonds is 7. The summed E-state index contributed by atoms with van der Waals surface area (Å²) in [6.07, 6.45) is -0.121. The minimum absolute atomic E-state index is 0.132. The number of halogens is 3. The summed E-state index contributed by atoms with van der Waals surface area (Å²) in [6, 6.07) is 21.7. The number of carbonyl (C=O) groups is 3. The standard InChI is InChI=1S/C36H30F3N7O3/c1-21-10-11-27(43-34(48)24-14-25(36(37,38)39)17-28(16-24)45-19-22(2)41-20-45)18-31(21)44-35(49)46-13-12-29-30(8-5-9-32(29)46)42-26-7-4-6-23(15-26)33(47)40-3/h4-20,42H,1-3H3,(H,40,47)(H,43,48)(H,44,49). The summed E-state index contributed by atoms with van der Waals surface area (Å²) in [4.78, 5) is 42.9. The maximum absolute atomic E-state index is 13.7. The minimum atomic E-state index is -4.68. The summed E-state index contributed by atoms with van der Waals surface area (Å²) in [5.41, 5.74) is 3.43. The highest BCUT2D eigenvalue weighted by atomic mass is 19.4. The van der Waals surface area contributed by atoms with Crippen LogP contribution in [-0.4, -0.2) is 39.0 Å². The van der Waals surface area contributed by atoms with Gasteiger partial charge in [0.05, 0.1) is 23.1 Å². The SMILES string of the molecule is CNC(=O)c1cccc(Nc2cccc3c2ccn3C(=O)Nc2cc(NC(=O)c3cc(-n4cnc(C)c4)cc(C(F)(F)F)c3)ccc2C)c1. The average molecular weight is 666 g/mol. The Morgan fingerprint density at radius 2 is 1.57 bits per heavy atom. The van der Waals surface area contributed by atoms with E-state index in [4.69, 9.17) is 0 Å². The first kappa shape index (κ1) is 32.6. The zero-order valence-corrected chi connectivity index (χ0v) is 26.5. The molecule has 0 radical (unpaired) electrons. The molecule has 4 aromatic carbocycles. The number of nitrogens with one attached hydrogen (secondary N) is 4. The molecule has 2 aromatic heterocycles. The van der Waals surface area contributed by atoms with Crippen molar-refractivity contribution in [3.63, 3.8) is 0 Å². The number of alkyl halides is 3. The zero-order valence-electron chi connectivity index (χ0n) is 26.5. The van der Waals surface area contributed by atoms with Gasteiger partial charge in [0.15, 0.2) is 0 Å². The molecule has 49 heavy (non-hydrogen) atoms. The van der Waals surface area contributed by atoms with E-state index in [1.54, 1.807) is 81.8 Å². The molecular weight excluding hydrogens is 635 g/mol. The minimum Gasteiger partial charge on any atom is -0.355 e. The van der Waals surface area contributed by atoms with E-state index in [1.807, 2.05) is 12.1 Å². The van der Waals surface area contributed by atoms with Crippen LogP contribution in [0.25, 0.3) is 16.6 Å². The van der Waals surface area contributed by atoms with Crippen molar-refractivity contribution in [1.29, 1.82) is 0 Å². The summed E-state index contributed by atoms with van der Waals surface area (Å²) in [7, 11) is 1.56. The number of amides is 3. The van der Waals surface area contributed by atoms with E-state index in [0.717, 1.165) is 23.2 Å². The third kappa shape index (κ3) is 7.00. The Balaban J connectivity index is 1.22. The Morgan fingerprint density at radius 1 is 0.776 bits per heavy atom. The van der Waals surface area contributed by atoms with Gasteiger partial charge in [-0.1, -0.05) is 18.2 Å². The lowest BCUT2D eigenvalue weighted by Gasteiger charge is -2.15. The van der Waals surface area contributed by atoms with Crippen LogP contribution in [0, 0.1) is 13.8 Å². The number of aromatic nitrogens is 3. The zero-order chi connectivity index (χ0) is 34.9. The van der Waals surface area contributed by atoms with E-state index in [9.17, 15) is 27.6 Å². The first-order chi connectivity index (χ1) is 23.4. The molecular formula is C36H30F3N7O3. The fourth-order valence-corrected chi connectivity index (χ4v) is 5.32. The topological polar surface area (TPSA) is 122 Å². The number of imidazole rings is 1. The molecule has 0 fully saturated rings.